The molecule has 8 heteroatoms. The minimum Gasteiger partial charge on any atom is -0.446 e. The van der Waals surface area contributed by atoms with E-state index in [0.717, 1.165) is 21.0 Å². The zero-order chi connectivity index (χ0) is 23.9. The summed E-state index contributed by atoms with van der Waals surface area (Å²) in [4.78, 5) is 30.5. The number of hydrazone groups is 1. The van der Waals surface area contributed by atoms with E-state index in [-0.39, 0.29) is 23.9 Å². The molecule has 0 bridgehead atoms. The molecule has 1 atom stereocenters. The summed E-state index contributed by atoms with van der Waals surface area (Å²) in [6, 6.07) is 22.6. The van der Waals surface area contributed by atoms with Gasteiger partial charge in [-0.1, -0.05) is 58.4 Å². The van der Waals surface area contributed by atoms with Crippen LogP contribution in [0.5, 0.6) is 0 Å². The summed E-state index contributed by atoms with van der Waals surface area (Å²) in [6.07, 6.45) is 1.64. The molecule has 1 amide bonds. The second-order valence-electron chi connectivity index (χ2n) is 8.15. The molecule has 0 radical (unpaired) electrons. The first-order chi connectivity index (χ1) is 16.4. The quantitative estimate of drug-likeness (QED) is 0.386. The first kappa shape index (κ1) is 22.0. The fourth-order valence-electron chi connectivity index (χ4n) is 4.19. The monoisotopic (exact) mass is 516 g/mol. The molecule has 2 aromatic carbocycles. The average Bonchev–Trinajstić information content (AvgIpc) is 3.19. The number of carbonyl (C=O) groups is 1. The van der Waals surface area contributed by atoms with E-state index in [1.165, 1.54) is 11.9 Å². The Morgan fingerprint density at radius 1 is 1.06 bits per heavy atom. The predicted octanol–water partition coefficient (Wildman–Crippen LogP) is 4.89. The Morgan fingerprint density at radius 3 is 2.50 bits per heavy atom. The Morgan fingerprint density at radius 2 is 1.79 bits per heavy atom. The molecule has 3 heterocycles. The molecular formula is C26H21BrN4O3. The van der Waals surface area contributed by atoms with Crippen molar-refractivity contribution < 1.29 is 9.53 Å². The van der Waals surface area contributed by atoms with Gasteiger partial charge in [-0.25, -0.2) is 4.98 Å². The van der Waals surface area contributed by atoms with E-state index >= 15 is 0 Å². The lowest BCUT2D eigenvalue weighted by Crippen LogP contribution is -2.41. The molecule has 1 aliphatic rings. The van der Waals surface area contributed by atoms with Crippen LogP contribution in [0.25, 0.3) is 22.2 Å². The van der Waals surface area contributed by atoms with Crippen LogP contribution in [0.3, 0.4) is 0 Å². The third kappa shape index (κ3) is 3.80. The van der Waals surface area contributed by atoms with Gasteiger partial charge in [-0.3, -0.25) is 14.2 Å². The highest BCUT2D eigenvalue weighted by atomic mass is 79.9. The summed E-state index contributed by atoms with van der Waals surface area (Å²) < 4.78 is 8.71. The molecule has 0 saturated heterocycles. The van der Waals surface area contributed by atoms with Gasteiger partial charge in [0.1, 0.15) is 12.2 Å². The first-order valence-electron chi connectivity index (χ1n) is 10.7. The highest BCUT2D eigenvalue weighted by molar-refractivity contribution is 9.10. The number of nitrogens with zero attached hydrogens (tertiary/aromatic N) is 4. The van der Waals surface area contributed by atoms with E-state index in [9.17, 15) is 9.59 Å². The highest BCUT2D eigenvalue weighted by Crippen LogP contribution is 2.36. The number of carbonyl (C=O) groups excluding carboxylic acids is 1. The van der Waals surface area contributed by atoms with Gasteiger partial charge in [-0.05, 0) is 35.9 Å². The zero-order valence-electron chi connectivity index (χ0n) is 18.6. The van der Waals surface area contributed by atoms with Crippen molar-refractivity contribution in [1.29, 1.82) is 0 Å². The maximum atomic E-state index is 13.6. The van der Waals surface area contributed by atoms with Crippen molar-refractivity contribution in [3.05, 3.63) is 99.4 Å². The minimum absolute atomic E-state index is 0.0307. The van der Waals surface area contributed by atoms with E-state index in [4.69, 9.17) is 4.74 Å². The number of aromatic nitrogens is 2. The van der Waals surface area contributed by atoms with Crippen LogP contribution in [0, 0.1) is 0 Å². The second kappa shape index (κ2) is 8.53. The molecule has 0 fully saturated rings. The molecule has 4 aromatic rings. The lowest BCUT2D eigenvalue weighted by atomic mass is 10.0. The van der Waals surface area contributed by atoms with Crippen LogP contribution in [0.2, 0.25) is 0 Å². The van der Waals surface area contributed by atoms with Gasteiger partial charge < -0.3 is 4.74 Å². The van der Waals surface area contributed by atoms with Crippen LogP contribution < -0.4 is 5.56 Å². The van der Waals surface area contributed by atoms with Gasteiger partial charge in [0, 0.05) is 41.0 Å². The Bertz CT molecular complexity index is 1480. The normalized spacial score (nSPS) is 17.5. The predicted molar refractivity (Wildman–Crippen MR) is 134 cm³/mol. The number of hydrogen-bond donors (Lipinski definition) is 0. The maximum absolute atomic E-state index is 13.6. The molecule has 170 valence electrons. The van der Waals surface area contributed by atoms with Crippen LogP contribution in [0.15, 0.2) is 93.4 Å². The summed E-state index contributed by atoms with van der Waals surface area (Å²) in [6.45, 7) is 3.25. The largest absolute Gasteiger partial charge is 0.446 e. The molecule has 7 nitrogen and oxygen atoms in total. The van der Waals surface area contributed by atoms with Crippen molar-refractivity contribution in [2.45, 2.75) is 26.1 Å². The molecule has 0 N–H and O–H groups in total. The Kier molecular flexibility index (Phi) is 5.53. The zero-order valence-corrected chi connectivity index (χ0v) is 20.2. The lowest BCUT2D eigenvalue weighted by Gasteiger charge is -2.31. The van der Waals surface area contributed by atoms with Crippen LogP contribution in [-0.2, 0) is 21.8 Å². The number of ether oxygens (including phenoxy) is 1. The van der Waals surface area contributed by atoms with Gasteiger partial charge in [0.25, 0.3) is 5.56 Å². The molecule has 0 saturated carbocycles. The number of hydrogen-bond acceptors (Lipinski definition) is 5. The summed E-state index contributed by atoms with van der Waals surface area (Å²) >= 11 is 3.43. The van der Waals surface area contributed by atoms with Crippen molar-refractivity contribution in [3.63, 3.8) is 0 Å². The van der Waals surface area contributed by atoms with Crippen molar-refractivity contribution in [2.24, 2.45) is 5.10 Å². The Labute approximate surface area is 204 Å². The third-order valence-electron chi connectivity index (χ3n) is 5.84. The highest BCUT2D eigenvalue weighted by Gasteiger charge is 2.44. The standard InChI is InChI=1S/C26H21BrN4O3/c1-17(32)31-26(2,20-10-12-21(27)13-11-20)34-23(29-31)16-30-24-19(9-6-14-28-24)15-22(25(30)33)18-7-4-3-5-8-18/h3-15H,16H2,1-2H3. The summed E-state index contributed by atoms with van der Waals surface area (Å²) in [7, 11) is 0. The molecule has 1 unspecified atom stereocenters. The number of halogens is 1. The van der Waals surface area contributed by atoms with E-state index in [2.05, 4.69) is 26.0 Å². The smallest absolute Gasteiger partial charge is 0.260 e. The molecule has 0 spiro atoms. The van der Waals surface area contributed by atoms with Gasteiger partial charge in [-0.2, -0.15) is 5.01 Å². The van der Waals surface area contributed by atoms with Gasteiger partial charge in [0.2, 0.25) is 17.5 Å². The van der Waals surface area contributed by atoms with Crippen LogP contribution in [0.1, 0.15) is 19.4 Å². The average molecular weight is 517 g/mol. The molecule has 34 heavy (non-hydrogen) atoms. The van der Waals surface area contributed by atoms with Crippen LogP contribution in [0.4, 0.5) is 0 Å². The molecular weight excluding hydrogens is 496 g/mol. The first-order valence-corrected chi connectivity index (χ1v) is 11.5. The van der Waals surface area contributed by atoms with Gasteiger partial charge in [0.15, 0.2) is 0 Å². The number of fused-ring (bicyclic) bond motifs is 1. The third-order valence-corrected chi connectivity index (χ3v) is 6.37. The lowest BCUT2D eigenvalue weighted by molar-refractivity contribution is -0.146. The fourth-order valence-corrected chi connectivity index (χ4v) is 4.45. The van der Waals surface area contributed by atoms with E-state index < -0.39 is 5.72 Å². The van der Waals surface area contributed by atoms with Gasteiger partial charge in [-0.15, -0.1) is 5.10 Å². The summed E-state index contributed by atoms with van der Waals surface area (Å²) in [5, 5.41) is 6.60. The molecule has 2 aromatic heterocycles. The number of rotatable bonds is 4. The Hall–Kier alpha value is -3.78. The SMILES string of the molecule is CC(=O)N1N=C(Cn2c(=O)c(-c3ccccc3)cc3cccnc32)OC1(C)c1ccc(Br)cc1. The minimum atomic E-state index is -1.13. The number of benzene rings is 2. The molecule has 5 rings (SSSR count). The fraction of sp³-hybridized carbons (Fsp3) is 0.154. The van der Waals surface area contributed by atoms with Gasteiger partial charge in [0.05, 0.1) is 0 Å². The van der Waals surface area contributed by atoms with Gasteiger partial charge >= 0.3 is 0 Å². The Balaban J connectivity index is 1.60. The molecule has 0 aliphatic carbocycles. The second-order valence-corrected chi connectivity index (χ2v) is 9.06. The van der Waals surface area contributed by atoms with E-state index in [1.807, 2.05) is 72.8 Å². The maximum Gasteiger partial charge on any atom is 0.260 e. The topological polar surface area (TPSA) is 76.8 Å². The van der Waals surface area contributed by atoms with E-state index in [1.54, 1.807) is 17.7 Å². The van der Waals surface area contributed by atoms with Crippen molar-refractivity contribution >= 4 is 38.8 Å². The van der Waals surface area contributed by atoms with Crippen molar-refractivity contribution in [2.75, 3.05) is 0 Å². The van der Waals surface area contributed by atoms with Crippen molar-refractivity contribution in [3.8, 4) is 11.1 Å². The number of pyridine rings is 2. The van der Waals surface area contributed by atoms with Crippen molar-refractivity contribution in [1.82, 2.24) is 14.6 Å². The van der Waals surface area contributed by atoms with E-state index in [0.29, 0.717) is 11.2 Å². The molecule has 1 aliphatic heterocycles. The van der Waals surface area contributed by atoms with Crippen LogP contribution >= 0.6 is 15.9 Å². The summed E-state index contributed by atoms with van der Waals surface area (Å²) in [5.74, 6) is -0.0198. The summed E-state index contributed by atoms with van der Waals surface area (Å²) in [5.41, 5.74) is 1.30. The number of amides is 1. The van der Waals surface area contributed by atoms with Crippen LogP contribution in [-0.4, -0.2) is 26.4 Å².